The number of nitrogens with two attached hydrogens (primary N) is 1. The van der Waals surface area contributed by atoms with Gasteiger partial charge in [0.15, 0.2) is 0 Å². The van der Waals surface area contributed by atoms with Crippen LogP contribution >= 0.6 is 0 Å². The highest BCUT2D eigenvalue weighted by Gasteiger charge is 2.35. The zero-order chi connectivity index (χ0) is 15.9. The van der Waals surface area contributed by atoms with Gasteiger partial charge in [-0.2, -0.15) is 0 Å². The minimum atomic E-state index is -0.275. The zero-order valence-electron chi connectivity index (χ0n) is 14.3. The Morgan fingerprint density at radius 3 is 2.43 bits per heavy atom. The lowest BCUT2D eigenvalue weighted by atomic mass is 9.77. The van der Waals surface area contributed by atoms with E-state index in [1.165, 1.54) is 25.7 Å². The maximum atomic E-state index is 11.9. The molecule has 0 aromatic heterocycles. The minimum absolute atomic E-state index is 0.0280. The van der Waals surface area contributed by atoms with Gasteiger partial charge in [0.25, 0.3) is 0 Å². The number of carbonyl (C=O) groups is 1. The summed E-state index contributed by atoms with van der Waals surface area (Å²) in [5, 5.41) is 2.98. The standard InChI is InChI=1S/C17H34N2O2/c1-5-6-15-7-9-17(12-18,10-8-15)21-11-16(20)19-14(4)13(2)3/h13-15H,5-12,18H2,1-4H3,(H,19,20). The van der Waals surface area contributed by atoms with Crippen LogP contribution in [0.3, 0.4) is 0 Å². The van der Waals surface area contributed by atoms with Gasteiger partial charge in [0.2, 0.25) is 5.91 Å². The van der Waals surface area contributed by atoms with Crippen molar-refractivity contribution in [3.05, 3.63) is 0 Å². The molecule has 4 nitrogen and oxygen atoms in total. The number of rotatable bonds is 8. The zero-order valence-corrected chi connectivity index (χ0v) is 14.3. The van der Waals surface area contributed by atoms with Gasteiger partial charge in [0.1, 0.15) is 6.61 Å². The third-order valence-electron chi connectivity index (χ3n) is 4.98. The van der Waals surface area contributed by atoms with Gasteiger partial charge in [-0.25, -0.2) is 0 Å². The summed E-state index contributed by atoms with van der Waals surface area (Å²) < 4.78 is 5.95. The molecular weight excluding hydrogens is 264 g/mol. The Bertz CT molecular complexity index is 310. The first-order valence-electron chi connectivity index (χ1n) is 8.56. The van der Waals surface area contributed by atoms with Gasteiger partial charge in [0, 0.05) is 12.6 Å². The molecule has 1 fully saturated rings. The van der Waals surface area contributed by atoms with Crippen molar-refractivity contribution in [2.75, 3.05) is 13.2 Å². The Kier molecular flexibility index (Phi) is 7.67. The summed E-state index contributed by atoms with van der Waals surface area (Å²) in [5.74, 6) is 1.22. The Balaban J connectivity index is 2.39. The molecule has 0 bridgehead atoms. The number of hydrogen-bond donors (Lipinski definition) is 2. The molecule has 0 aromatic rings. The highest BCUT2D eigenvalue weighted by molar-refractivity contribution is 5.77. The summed E-state index contributed by atoms with van der Waals surface area (Å²) in [6, 6.07) is 0.176. The molecule has 0 radical (unpaired) electrons. The van der Waals surface area contributed by atoms with Gasteiger partial charge in [-0.3, -0.25) is 4.79 Å². The van der Waals surface area contributed by atoms with E-state index in [1.54, 1.807) is 0 Å². The van der Waals surface area contributed by atoms with E-state index in [9.17, 15) is 4.79 Å². The van der Waals surface area contributed by atoms with Crippen LogP contribution in [0.2, 0.25) is 0 Å². The van der Waals surface area contributed by atoms with Crippen LogP contribution in [-0.2, 0) is 9.53 Å². The quantitative estimate of drug-likeness (QED) is 0.724. The van der Waals surface area contributed by atoms with Crippen LogP contribution in [0.5, 0.6) is 0 Å². The first-order valence-corrected chi connectivity index (χ1v) is 8.56. The lowest BCUT2D eigenvalue weighted by molar-refractivity contribution is -0.137. The van der Waals surface area contributed by atoms with Crippen LogP contribution in [0, 0.1) is 11.8 Å². The molecule has 0 aliphatic heterocycles. The number of carbonyl (C=O) groups excluding carboxylic acids is 1. The fourth-order valence-corrected chi connectivity index (χ4v) is 2.99. The Labute approximate surface area is 130 Å². The van der Waals surface area contributed by atoms with Crippen LogP contribution in [0.4, 0.5) is 0 Å². The van der Waals surface area contributed by atoms with Gasteiger partial charge in [0.05, 0.1) is 5.60 Å². The lowest BCUT2D eigenvalue weighted by Gasteiger charge is -2.39. The molecule has 1 atom stereocenters. The van der Waals surface area contributed by atoms with Crippen molar-refractivity contribution in [1.29, 1.82) is 0 Å². The van der Waals surface area contributed by atoms with Crippen LogP contribution in [0.15, 0.2) is 0 Å². The molecule has 0 aromatic carbocycles. The lowest BCUT2D eigenvalue weighted by Crippen LogP contribution is -2.47. The predicted octanol–water partition coefficient (Wildman–Crippen LogP) is 2.85. The van der Waals surface area contributed by atoms with Gasteiger partial charge in [-0.1, -0.05) is 33.6 Å². The maximum absolute atomic E-state index is 11.9. The third-order valence-corrected chi connectivity index (χ3v) is 4.98. The van der Waals surface area contributed by atoms with Crippen LogP contribution in [0.1, 0.15) is 66.2 Å². The molecule has 4 heteroatoms. The Hall–Kier alpha value is -0.610. The molecule has 124 valence electrons. The second-order valence-electron chi connectivity index (χ2n) is 7.01. The van der Waals surface area contributed by atoms with Crippen LogP contribution < -0.4 is 11.1 Å². The summed E-state index contributed by atoms with van der Waals surface area (Å²) in [5.41, 5.74) is 5.66. The topological polar surface area (TPSA) is 64.3 Å². The smallest absolute Gasteiger partial charge is 0.246 e. The van der Waals surface area contributed by atoms with Crippen molar-refractivity contribution < 1.29 is 9.53 Å². The van der Waals surface area contributed by atoms with Crippen molar-refractivity contribution in [2.24, 2.45) is 17.6 Å². The molecule has 1 unspecified atom stereocenters. The average molecular weight is 298 g/mol. The van der Waals surface area contributed by atoms with Crippen molar-refractivity contribution in [3.8, 4) is 0 Å². The first kappa shape index (κ1) is 18.4. The maximum Gasteiger partial charge on any atom is 0.246 e. The van der Waals surface area contributed by atoms with Gasteiger partial charge >= 0.3 is 0 Å². The molecule has 3 N–H and O–H groups in total. The molecular formula is C17H34N2O2. The highest BCUT2D eigenvalue weighted by Crippen LogP contribution is 2.36. The second-order valence-corrected chi connectivity index (χ2v) is 7.01. The normalized spacial score (nSPS) is 27.6. The second kappa shape index (κ2) is 8.74. The SMILES string of the molecule is CCCC1CCC(CN)(OCC(=O)NC(C)C(C)C)CC1. The first-order chi connectivity index (χ1) is 9.92. The third kappa shape index (κ3) is 5.95. The summed E-state index contributed by atoms with van der Waals surface area (Å²) in [7, 11) is 0. The molecule has 0 spiro atoms. The molecule has 0 heterocycles. The summed E-state index contributed by atoms with van der Waals surface area (Å²) in [4.78, 5) is 11.9. The summed E-state index contributed by atoms with van der Waals surface area (Å²) in [6.07, 6.45) is 6.87. The molecule has 1 amide bonds. The van der Waals surface area contributed by atoms with Crippen molar-refractivity contribution in [2.45, 2.75) is 77.9 Å². The van der Waals surface area contributed by atoms with Gasteiger partial charge in [-0.15, -0.1) is 0 Å². The number of hydrogen-bond acceptors (Lipinski definition) is 3. The molecule has 1 aliphatic rings. The van der Waals surface area contributed by atoms with E-state index in [2.05, 4.69) is 26.1 Å². The fourth-order valence-electron chi connectivity index (χ4n) is 2.99. The van der Waals surface area contributed by atoms with Gasteiger partial charge in [-0.05, 0) is 44.4 Å². The molecule has 1 rings (SSSR count). The molecule has 0 saturated heterocycles. The Morgan fingerprint density at radius 1 is 1.33 bits per heavy atom. The fraction of sp³-hybridized carbons (Fsp3) is 0.941. The summed E-state index contributed by atoms with van der Waals surface area (Å²) >= 11 is 0. The molecule has 21 heavy (non-hydrogen) atoms. The van der Waals surface area contributed by atoms with E-state index in [-0.39, 0.29) is 24.2 Å². The minimum Gasteiger partial charge on any atom is -0.364 e. The van der Waals surface area contributed by atoms with Crippen LogP contribution in [-0.4, -0.2) is 30.7 Å². The van der Waals surface area contributed by atoms with E-state index < -0.39 is 0 Å². The summed E-state index contributed by atoms with van der Waals surface area (Å²) in [6.45, 7) is 9.11. The van der Waals surface area contributed by atoms with Crippen molar-refractivity contribution in [3.63, 3.8) is 0 Å². The number of amides is 1. The van der Waals surface area contributed by atoms with E-state index in [4.69, 9.17) is 10.5 Å². The van der Waals surface area contributed by atoms with Crippen molar-refractivity contribution in [1.82, 2.24) is 5.32 Å². The van der Waals surface area contributed by atoms with Gasteiger partial charge < -0.3 is 15.8 Å². The van der Waals surface area contributed by atoms with Crippen molar-refractivity contribution >= 4 is 5.91 Å². The number of nitrogens with one attached hydrogen (secondary N) is 1. The molecule has 1 saturated carbocycles. The van der Waals surface area contributed by atoms with E-state index in [0.29, 0.717) is 12.5 Å². The van der Waals surface area contributed by atoms with E-state index in [0.717, 1.165) is 18.8 Å². The largest absolute Gasteiger partial charge is 0.364 e. The van der Waals surface area contributed by atoms with Crippen LogP contribution in [0.25, 0.3) is 0 Å². The monoisotopic (exact) mass is 298 g/mol. The Morgan fingerprint density at radius 2 is 1.95 bits per heavy atom. The molecule has 1 aliphatic carbocycles. The predicted molar refractivity (Wildman–Crippen MR) is 87.0 cm³/mol. The highest BCUT2D eigenvalue weighted by atomic mass is 16.5. The van der Waals surface area contributed by atoms with E-state index in [1.807, 2.05) is 6.92 Å². The van der Waals surface area contributed by atoms with E-state index >= 15 is 0 Å². The number of ether oxygens (including phenoxy) is 1. The average Bonchev–Trinajstić information content (AvgIpc) is 2.47.